The summed E-state index contributed by atoms with van der Waals surface area (Å²) < 4.78 is 3.55. The first-order chi connectivity index (χ1) is 13.1. The molecule has 0 atom stereocenters. The van der Waals surface area contributed by atoms with Crippen molar-refractivity contribution in [3.05, 3.63) is 59.0 Å². The van der Waals surface area contributed by atoms with Crippen LogP contribution < -0.4 is 0 Å². The minimum absolute atomic E-state index is 0.196. The summed E-state index contributed by atoms with van der Waals surface area (Å²) in [5.74, 6) is 0.00314. The molecule has 2 heterocycles. The molecule has 0 fully saturated rings. The molecule has 6 heteroatoms. The van der Waals surface area contributed by atoms with Crippen molar-refractivity contribution in [3.63, 3.8) is 0 Å². The van der Waals surface area contributed by atoms with Gasteiger partial charge in [-0.25, -0.2) is 4.98 Å². The van der Waals surface area contributed by atoms with Gasteiger partial charge in [0.1, 0.15) is 0 Å². The number of benzene rings is 2. The predicted octanol–water partition coefficient (Wildman–Crippen LogP) is 5.56. The van der Waals surface area contributed by atoms with Gasteiger partial charge in [-0.3, -0.25) is 4.79 Å². The second kappa shape index (κ2) is 7.74. The lowest BCUT2D eigenvalue weighted by Crippen LogP contribution is -2.02. The van der Waals surface area contributed by atoms with Gasteiger partial charge in [-0.15, -0.1) is 11.3 Å². The van der Waals surface area contributed by atoms with Crippen molar-refractivity contribution >= 4 is 50.2 Å². The topological polar surface area (TPSA) is 55.1 Å². The van der Waals surface area contributed by atoms with Gasteiger partial charge < -0.3 is 9.67 Å². The highest BCUT2D eigenvalue weighted by Gasteiger charge is 2.14. The number of thioether (sulfide) groups is 1. The van der Waals surface area contributed by atoms with Crippen molar-refractivity contribution in [2.24, 2.45) is 0 Å². The molecule has 0 saturated carbocycles. The highest BCUT2D eigenvalue weighted by molar-refractivity contribution is 7.99. The second-order valence-electron chi connectivity index (χ2n) is 6.58. The standard InChI is InChI=1S/C21H20N2O2S2/c1-14-8-9-18-17(11-14)22-21(26-10-4-7-20(24)25)23(18)12-15-13-27-19-6-3-2-5-16(15)19/h2-3,5-6,8-9,11,13H,4,7,10,12H2,1H3,(H,24,25). The molecule has 138 valence electrons. The van der Waals surface area contributed by atoms with Gasteiger partial charge in [-0.1, -0.05) is 36.0 Å². The fourth-order valence-corrected chi connectivity index (χ4v) is 5.10. The maximum absolute atomic E-state index is 10.8. The van der Waals surface area contributed by atoms with Crippen LogP contribution in [0.1, 0.15) is 24.0 Å². The van der Waals surface area contributed by atoms with Crippen molar-refractivity contribution in [2.75, 3.05) is 5.75 Å². The Balaban J connectivity index is 1.68. The Morgan fingerprint density at radius 3 is 2.96 bits per heavy atom. The van der Waals surface area contributed by atoms with E-state index in [-0.39, 0.29) is 6.42 Å². The largest absolute Gasteiger partial charge is 0.481 e. The zero-order valence-electron chi connectivity index (χ0n) is 15.0. The number of fused-ring (bicyclic) bond motifs is 2. The highest BCUT2D eigenvalue weighted by atomic mass is 32.2. The van der Waals surface area contributed by atoms with Crippen LogP contribution in [0.25, 0.3) is 21.1 Å². The highest BCUT2D eigenvalue weighted by Crippen LogP contribution is 2.31. The molecule has 0 bridgehead atoms. The first-order valence-electron chi connectivity index (χ1n) is 8.88. The van der Waals surface area contributed by atoms with E-state index in [1.54, 1.807) is 23.1 Å². The van der Waals surface area contributed by atoms with Gasteiger partial charge in [0.25, 0.3) is 0 Å². The Kier molecular flexibility index (Phi) is 5.18. The third-order valence-electron chi connectivity index (χ3n) is 4.52. The van der Waals surface area contributed by atoms with Crippen molar-refractivity contribution in [1.29, 1.82) is 0 Å². The normalized spacial score (nSPS) is 11.4. The number of nitrogens with zero attached hydrogens (tertiary/aromatic N) is 2. The molecule has 4 rings (SSSR count). The lowest BCUT2D eigenvalue weighted by Gasteiger charge is -2.09. The average Bonchev–Trinajstić information content (AvgIpc) is 3.20. The average molecular weight is 397 g/mol. The summed E-state index contributed by atoms with van der Waals surface area (Å²) in [5, 5.41) is 13.3. The maximum Gasteiger partial charge on any atom is 0.303 e. The van der Waals surface area contributed by atoms with Crippen LogP contribution in [0.5, 0.6) is 0 Å². The van der Waals surface area contributed by atoms with E-state index in [0.717, 1.165) is 28.5 Å². The van der Waals surface area contributed by atoms with E-state index in [1.807, 2.05) is 0 Å². The number of imidazole rings is 1. The van der Waals surface area contributed by atoms with Gasteiger partial charge >= 0.3 is 5.97 Å². The maximum atomic E-state index is 10.8. The molecule has 2 aromatic heterocycles. The molecular formula is C21H20N2O2S2. The Morgan fingerprint density at radius 1 is 1.26 bits per heavy atom. The number of aryl methyl sites for hydroxylation is 1. The molecule has 4 aromatic rings. The van der Waals surface area contributed by atoms with Crippen LogP contribution in [-0.2, 0) is 11.3 Å². The number of aliphatic carboxylic acids is 1. The first kappa shape index (κ1) is 18.1. The molecule has 0 aliphatic rings. The molecule has 2 aromatic carbocycles. The molecule has 0 unspecified atom stereocenters. The Hall–Kier alpha value is -2.31. The lowest BCUT2D eigenvalue weighted by atomic mass is 10.1. The minimum atomic E-state index is -0.746. The zero-order valence-corrected chi connectivity index (χ0v) is 16.6. The molecule has 1 N–H and O–H groups in total. The number of rotatable bonds is 7. The molecule has 4 nitrogen and oxygen atoms in total. The number of carboxylic acids is 1. The monoisotopic (exact) mass is 396 g/mol. The summed E-state index contributed by atoms with van der Waals surface area (Å²) >= 11 is 3.41. The smallest absolute Gasteiger partial charge is 0.303 e. The van der Waals surface area contributed by atoms with Crippen molar-refractivity contribution in [2.45, 2.75) is 31.5 Å². The fourth-order valence-electron chi connectivity index (χ4n) is 3.19. The fraction of sp³-hybridized carbons (Fsp3) is 0.238. The van der Waals surface area contributed by atoms with E-state index in [0.29, 0.717) is 6.42 Å². The third kappa shape index (κ3) is 3.87. The van der Waals surface area contributed by atoms with Crippen LogP contribution in [0.15, 0.2) is 53.0 Å². The molecular weight excluding hydrogens is 376 g/mol. The number of aromatic nitrogens is 2. The molecule has 0 spiro atoms. The van der Waals surface area contributed by atoms with Crippen LogP contribution in [0.3, 0.4) is 0 Å². The van der Waals surface area contributed by atoms with E-state index in [2.05, 4.69) is 59.3 Å². The Morgan fingerprint density at radius 2 is 2.11 bits per heavy atom. The Labute approximate surface area is 165 Å². The van der Waals surface area contributed by atoms with Gasteiger partial charge in [0.05, 0.1) is 17.6 Å². The van der Waals surface area contributed by atoms with Crippen LogP contribution in [0, 0.1) is 6.92 Å². The molecule has 0 radical (unpaired) electrons. The van der Waals surface area contributed by atoms with E-state index >= 15 is 0 Å². The SMILES string of the molecule is Cc1ccc2c(c1)nc(SCCCC(=O)O)n2Cc1csc2ccccc12. The van der Waals surface area contributed by atoms with Crippen molar-refractivity contribution in [1.82, 2.24) is 9.55 Å². The van der Waals surface area contributed by atoms with Crippen LogP contribution in [0.2, 0.25) is 0 Å². The molecule has 0 aliphatic carbocycles. The quantitative estimate of drug-likeness (QED) is 0.328. The molecule has 0 aliphatic heterocycles. The van der Waals surface area contributed by atoms with E-state index in [4.69, 9.17) is 10.1 Å². The van der Waals surface area contributed by atoms with Crippen molar-refractivity contribution < 1.29 is 9.90 Å². The number of thiophene rings is 1. The van der Waals surface area contributed by atoms with E-state index in [1.165, 1.54) is 21.2 Å². The van der Waals surface area contributed by atoms with E-state index < -0.39 is 5.97 Å². The molecule has 0 amide bonds. The van der Waals surface area contributed by atoms with Crippen LogP contribution in [0.4, 0.5) is 0 Å². The van der Waals surface area contributed by atoms with Gasteiger partial charge in [-0.2, -0.15) is 0 Å². The third-order valence-corrected chi connectivity index (χ3v) is 6.60. The number of carbonyl (C=O) groups is 1. The lowest BCUT2D eigenvalue weighted by molar-refractivity contribution is -0.137. The van der Waals surface area contributed by atoms with Crippen LogP contribution in [-0.4, -0.2) is 26.4 Å². The van der Waals surface area contributed by atoms with Crippen molar-refractivity contribution in [3.8, 4) is 0 Å². The summed E-state index contributed by atoms with van der Waals surface area (Å²) in [6.07, 6.45) is 0.838. The summed E-state index contributed by atoms with van der Waals surface area (Å²) in [7, 11) is 0. The predicted molar refractivity (Wildman–Crippen MR) is 113 cm³/mol. The summed E-state index contributed by atoms with van der Waals surface area (Å²) in [6.45, 7) is 2.84. The number of hydrogen-bond acceptors (Lipinski definition) is 4. The summed E-state index contributed by atoms with van der Waals surface area (Å²) in [6, 6.07) is 14.8. The van der Waals surface area contributed by atoms with Gasteiger partial charge in [0.2, 0.25) is 0 Å². The van der Waals surface area contributed by atoms with Crippen LogP contribution >= 0.6 is 23.1 Å². The second-order valence-corrected chi connectivity index (χ2v) is 8.55. The van der Waals surface area contributed by atoms with Gasteiger partial charge in [0.15, 0.2) is 5.16 Å². The Bertz CT molecular complexity index is 1110. The molecule has 27 heavy (non-hydrogen) atoms. The van der Waals surface area contributed by atoms with E-state index in [9.17, 15) is 4.79 Å². The number of carboxylic acid groups (broad SMARTS) is 1. The van der Waals surface area contributed by atoms with Gasteiger partial charge in [0, 0.05) is 16.9 Å². The minimum Gasteiger partial charge on any atom is -0.481 e. The summed E-state index contributed by atoms with van der Waals surface area (Å²) in [5.41, 5.74) is 4.60. The molecule has 0 saturated heterocycles. The van der Waals surface area contributed by atoms with Gasteiger partial charge in [-0.05, 0) is 53.4 Å². The number of hydrogen-bond donors (Lipinski definition) is 1. The zero-order chi connectivity index (χ0) is 18.8. The first-order valence-corrected chi connectivity index (χ1v) is 10.7. The summed E-state index contributed by atoms with van der Waals surface area (Å²) in [4.78, 5) is 15.6.